The number of rotatable bonds is 3. The Morgan fingerprint density at radius 3 is 2.37 bits per heavy atom. The Kier molecular flexibility index (Phi) is 6.28. The third kappa shape index (κ3) is 4.25. The average molecular weight is 536 g/mol. The van der Waals surface area contributed by atoms with Crippen LogP contribution in [-0.2, 0) is 0 Å². The number of thioether (sulfide) groups is 1. The van der Waals surface area contributed by atoms with Crippen LogP contribution < -0.4 is 0 Å². The van der Waals surface area contributed by atoms with E-state index in [1.54, 1.807) is 11.8 Å². The summed E-state index contributed by atoms with van der Waals surface area (Å²) >= 11 is 21.2. The van der Waals surface area contributed by atoms with E-state index < -0.39 is 0 Å². The van der Waals surface area contributed by atoms with Gasteiger partial charge in [-0.1, -0.05) is 95.1 Å². The van der Waals surface area contributed by atoms with Crippen molar-refractivity contribution in [3.05, 3.63) is 127 Å². The highest BCUT2D eigenvalue weighted by atomic mass is 35.5. The number of halogens is 3. The van der Waals surface area contributed by atoms with Crippen LogP contribution in [0.2, 0.25) is 15.1 Å². The molecule has 6 rings (SSSR count). The van der Waals surface area contributed by atoms with Crippen LogP contribution in [0, 0.1) is 0 Å². The van der Waals surface area contributed by atoms with Gasteiger partial charge in [0, 0.05) is 20.5 Å². The second-order valence-corrected chi connectivity index (χ2v) is 10.8. The van der Waals surface area contributed by atoms with Crippen LogP contribution in [-0.4, -0.2) is 10.1 Å². The summed E-state index contributed by atoms with van der Waals surface area (Å²) in [5.74, 6) is 0. The van der Waals surface area contributed by atoms with Gasteiger partial charge in [-0.25, -0.2) is 4.99 Å². The van der Waals surface area contributed by atoms with E-state index in [2.05, 4.69) is 46.7 Å². The first-order valence-corrected chi connectivity index (χ1v) is 13.5. The normalized spacial score (nSPS) is 20.5. The Balaban J connectivity index is 1.52. The molecule has 2 aliphatic heterocycles. The van der Waals surface area contributed by atoms with Gasteiger partial charge in [-0.15, -0.1) is 0 Å². The monoisotopic (exact) mass is 534 g/mol. The molecule has 174 valence electrons. The van der Waals surface area contributed by atoms with Gasteiger partial charge >= 0.3 is 0 Å². The van der Waals surface area contributed by atoms with Crippen LogP contribution in [0.3, 0.4) is 0 Å². The molecule has 0 aromatic heterocycles. The standard InChI is InChI=1S/C29H21Cl3N2S/c30-21-14-12-18(13-15-21)26-17-35-29-33-27-20(16-19-6-1-3-10-24(19)31)7-5-9-23(27)28(34(26)29)22-8-2-4-11-25(22)32/h1-4,6,8,10-17,28H,5,7,9H2/b20-16+/t28-/m1/s1. The molecule has 3 aliphatic rings. The molecule has 0 saturated carbocycles. The highest BCUT2D eigenvalue weighted by Gasteiger charge is 2.40. The molecule has 0 fully saturated rings. The number of fused-ring (bicyclic) bond motifs is 1. The maximum atomic E-state index is 6.82. The van der Waals surface area contributed by atoms with Crippen molar-refractivity contribution in [3.63, 3.8) is 0 Å². The zero-order valence-electron chi connectivity index (χ0n) is 18.7. The second-order valence-electron chi connectivity index (χ2n) is 8.73. The predicted molar refractivity (Wildman–Crippen MR) is 151 cm³/mol. The quantitative estimate of drug-likeness (QED) is 0.332. The van der Waals surface area contributed by atoms with E-state index in [1.807, 2.05) is 42.5 Å². The lowest BCUT2D eigenvalue weighted by atomic mass is 9.82. The molecule has 2 heterocycles. The lowest BCUT2D eigenvalue weighted by Crippen LogP contribution is -2.35. The van der Waals surface area contributed by atoms with E-state index in [0.717, 1.165) is 67.6 Å². The molecule has 0 bridgehead atoms. The van der Waals surface area contributed by atoms with Gasteiger partial charge in [0.2, 0.25) is 0 Å². The maximum absolute atomic E-state index is 6.82. The molecule has 1 aliphatic carbocycles. The Morgan fingerprint density at radius 2 is 1.60 bits per heavy atom. The molecule has 2 nitrogen and oxygen atoms in total. The van der Waals surface area contributed by atoms with Crippen LogP contribution in [0.5, 0.6) is 0 Å². The SMILES string of the molecule is Clc1ccc(C2=CSC3=NC4=C(CCC/C4=C\c4ccccc4Cl)[C@@H](c4ccccc4Cl)N23)cc1. The summed E-state index contributed by atoms with van der Waals surface area (Å²) in [5.41, 5.74) is 7.94. The maximum Gasteiger partial charge on any atom is 0.174 e. The van der Waals surface area contributed by atoms with Gasteiger partial charge in [-0.3, -0.25) is 0 Å². The van der Waals surface area contributed by atoms with E-state index in [-0.39, 0.29) is 6.04 Å². The highest BCUT2D eigenvalue weighted by Crippen LogP contribution is 2.52. The average Bonchev–Trinajstić information content (AvgIpc) is 3.29. The number of hydrogen-bond donors (Lipinski definition) is 0. The fraction of sp³-hybridized carbons (Fsp3) is 0.138. The van der Waals surface area contributed by atoms with Crippen molar-refractivity contribution in [2.24, 2.45) is 4.99 Å². The molecule has 35 heavy (non-hydrogen) atoms. The highest BCUT2D eigenvalue weighted by molar-refractivity contribution is 8.16. The summed E-state index contributed by atoms with van der Waals surface area (Å²) in [6.45, 7) is 0. The molecule has 0 amide bonds. The van der Waals surface area contributed by atoms with E-state index in [1.165, 1.54) is 11.1 Å². The number of hydrogen-bond acceptors (Lipinski definition) is 3. The van der Waals surface area contributed by atoms with E-state index in [9.17, 15) is 0 Å². The van der Waals surface area contributed by atoms with Crippen molar-refractivity contribution < 1.29 is 0 Å². The van der Waals surface area contributed by atoms with Crippen molar-refractivity contribution in [1.82, 2.24) is 4.90 Å². The molecule has 6 heteroatoms. The van der Waals surface area contributed by atoms with E-state index in [4.69, 9.17) is 39.8 Å². The van der Waals surface area contributed by atoms with E-state index in [0.29, 0.717) is 0 Å². The van der Waals surface area contributed by atoms with Gasteiger partial charge in [0.05, 0.1) is 17.4 Å². The minimum absolute atomic E-state index is 0.0296. The first-order chi connectivity index (χ1) is 17.1. The fourth-order valence-electron chi connectivity index (χ4n) is 5.00. The Morgan fingerprint density at radius 1 is 0.857 bits per heavy atom. The summed E-state index contributed by atoms with van der Waals surface area (Å²) in [4.78, 5) is 7.56. The minimum atomic E-state index is -0.0296. The zero-order valence-corrected chi connectivity index (χ0v) is 21.8. The molecular formula is C29H21Cl3N2S. The lowest BCUT2D eigenvalue weighted by Gasteiger charge is -2.40. The summed E-state index contributed by atoms with van der Waals surface area (Å²) in [6.07, 6.45) is 5.20. The van der Waals surface area contributed by atoms with Crippen molar-refractivity contribution in [2.45, 2.75) is 25.3 Å². The van der Waals surface area contributed by atoms with Gasteiger partial charge in [-0.05, 0) is 77.4 Å². The van der Waals surface area contributed by atoms with Crippen molar-refractivity contribution in [2.75, 3.05) is 0 Å². The van der Waals surface area contributed by atoms with Crippen molar-refractivity contribution in [1.29, 1.82) is 0 Å². The van der Waals surface area contributed by atoms with Crippen LogP contribution in [0.25, 0.3) is 11.8 Å². The first-order valence-electron chi connectivity index (χ1n) is 11.5. The largest absolute Gasteiger partial charge is 0.308 e. The molecule has 0 radical (unpaired) electrons. The molecule has 0 unspecified atom stereocenters. The van der Waals surface area contributed by atoms with Crippen LogP contribution in [0.1, 0.15) is 42.0 Å². The van der Waals surface area contributed by atoms with Gasteiger partial charge in [0.25, 0.3) is 0 Å². The van der Waals surface area contributed by atoms with Gasteiger partial charge in [0.1, 0.15) is 0 Å². The fourth-order valence-corrected chi connectivity index (χ4v) is 6.48. The molecular weight excluding hydrogens is 515 g/mol. The first kappa shape index (κ1) is 23.0. The third-order valence-corrected chi connectivity index (χ3v) is 8.39. The Hall–Kier alpha value is -2.43. The third-order valence-electron chi connectivity index (χ3n) is 6.61. The zero-order chi connectivity index (χ0) is 23.9. The molecule has 3 aromatic rings. The number of aliphatic imine (C=N–C) groups is 1. The number of nitrogens with zero attached hydrogens (tertiary/aromatic N) is 2. The molecule has 0 spiro atoms. The predicted octanol–water partition coefficient (Wildman–Crippen LogP) is 9.63. The molecule has 0 saturated heterocycles. The van der Waals surface area contributed by atoms with Gasteiger partial charge in [0.15, 0.2) is 5.17 Å². The van der Waals surface area contributed by atoms with Crippen molar-refractivity contribution >= 4 is 63.5 Å². The number of benzene rings is 3. The summed E-state index contributed by atoms with van der Waals surface area (Å²) in [7, 11) is 0. The number of allylic oxidation sites excluding steroid dienone is 1. The van der Waals surface area contributed by atoms with Crippen LogP contribution >= 0.6 is 46.6 Å². The summed E-state index contributed by atoms with van der Waals surface area (Å²) < 4.78 is 0. The Bertz CT molecular complexity index is 1440. The summed E-state index contributed by atoms with van der Waals surface area (Å²) in [5, 5.41) is 5.39. The van der Waals surface area contributed by atoms with Gasteiger partial charge < -0.3 is 4.90 Å². The summed E-state index contributed by atoms with van der Waals surface area (Å²) in [6, 6.07) is 24.1. The minimum Gasteiger partial charge on any atom is -0.308 e. The topological polar surface area (TPSA) is 15.6 Å². The van der Waals surface area contributed by atoms with Crippen LogP contribution in [0.15, 0.2) is 100 Å². The molecule has 0 N–H and O–H groups in total. The number of amidine groups is 1. The molecule has 3 aromatic carbocycles. The smallest absolute Gasteiger partial charge is 0.174 e. The second kappa shape index (κ2) is 9.55. The van der Waals surface area contributed by atoms with Crippen LogP contribution in [0.4, 0.5) is 0 Å². The lowest BCUT2D eigenvalue weighted by molar-refractivity contribution is 0.458. The van der Waals surface area contributed by atoms with Gasteiger partial charge in [-0.2, -0.15) is 0 Å². The Labute approximate surface area is 224 Å². The van der Waals surface area contributed by atoms with E-state index >= 15 is 0 Å². The molecule has 1 atom stereocenters. The van der Waals surface area contributed by atoms with Crippen molar-refractivity contribution in [3.8, 4) is 0 Å².